The Morgan fingerprint density at radius 1 is 1.00 bits per heavy atom. The molecule has 5 rings (SSSR count). The van der Waals surface area contributed by atoms with Gasteiger partial charge in [0, 0.05) is 23.6 Å². The van der Waals surface area contributed by atoms with E-state index in [1.165, 1.54) is 16.5 Å². The summed E-state index contributed by atoms with van der Waals surface area (Å²) in [6, 6.07) is 18.3. The highest BCUT2D eigenvalue weighted by Crippen LogP contribution is 2.38. The number of fused-ring (bicyclic) bond motifs is 2. The second kappa shape index (κ2) is 11.7. The van der Waals surface area contributed by atoms with Crippen molar-refractivity contribution in [1.82, 2.24) is 10.3 Å². The molecular formula is C27H28BrClN2O4. The van der Waals surface area contributed by atoms with Crippen LogP contribution in [0.2, 0.25) is 0 Å². The molecule has 4 aromatic rings. The number of hydrogen-bond acceptors (Lipinski definition) is 5. The van der Waals surface area contributed by atoms with Gasteiger partial charge in [-0.3, -0.25) is 0 Å². The number of ether oxygens (including phenoxy) is 4. The Morgan fingerprint density at radius 2 is 1.83 bits per heavy atom. The van der Waals surface area contributed by atoms with Crippen LogP contribution in [-0.4, -0.2) is 31.9 Å². The fourth-order valence-corrected chi connectivity index (χ4v) is 4.75. The molecule has 3 aromatic carbocycles. The minimum Gasteiger partial charge on any atom is -0.493 e. The topological polar surface area (TPSA) is 64.7 Å². The van der Waals surface area contributed by atoms with E-state index in [4.69, 9.17) is 18.9 Å². The summed E-state index contributed by atoms with van der Waals surface area (Å²) in [6.45, 7) is 3.16. The van der Waals surface area contributed by atoms with Crippen molar-refractivity contribution in [2.24, 2.45) is 0 Å². The van der Waals surface area contributed by atoms with E-state index in [0.717, 1.165) is 46.6 Å². The van der Waals surface area contributed by atoms with Gasteiger partial charge in [0.15, 0.2) is 23.0 Å². The van der Waals surface area contributed by atoms with E-state index < -0.39 is 0 Å². The molecule has 1 aliphatic rings. The lowest BCUT2D eigenvalue weighted by Gasteiger charge is -2.19. The number of aromatic nitrogens is 1. The zero-order valence-corrected chi connectivity index (χ0v) is 21.8. The molecule has 0 atom stereocenters. The zero-order valence-electron chi connectivity index (χ0n) is 19.4. The summed E-state index contributed by atoms with van der Waals surface area (Å²) in [5.74, 6) is 2.91. The summed E-state index contributed by atoms with van der Waals surface area (Å²) >= 11 is 3.66. The van der Waals surface area contributed by atoms with E-state index >= 15 is 0 Å². The molecule has 0 saturated heterocycles. The predicted molar refractivity (Wildman–Crippen MR) is 143 cm³/mol. The van der Waals surface area contributed by atoms with Gasteiger partial charge in [0.25, 0.3) is 0 Å². The van der Waals surface area contributed by atoms with Gasteiger partial charge in [0.1, 0.15) is 19.8 Å². The van der Waals surface area contributed by atoms with Crippen LogP contribution in [0.3, 0.4) is 0 Å². The van der Waals surface area contributed by atoms with E-state index in [1.54, 1.807) is 7.11 Å². The first kappa shape index (κ1) is 25.2. The minimum absolute atomic E-state index is 0. The molecular weight excluding hydrogens is 532 g/mol. The lowest BCUT2D eigenvalue weighted by Crippen LogP contribution is -2.16. The molecule has 8 heteroatoms. The van der Waals surface area contributed by atoms with Gasteiger partial charge in [-0.1, -0.05) is 24.3 Å². The average Bonchev–Trinajstić information content (AvgIpc) is 3.28. The summed E-state index contributed by atoms with van der Waals surface area (Å²) in [7, 11) is 1.66. The van der Waals surface area contributed by atoms with E-state index in [1.807, 2.05) is 24.3 Å². The van der Waals surface area contributed by atoms with Gasteiger partial charge in [0.2, 0.25) is 0 Å². The van der Waals surface area contributed by atoms with Crippen molar-refractivity contribution in [3.8, 4) is 23.0 Å². The van der Waals surface area contributed by atoms with Gasteiger partial charge >= 0.3 is 0 Å². The second-order valence-corrected chi connectivity index (χ2v) is 9.02. The van der Waals surface area contributed by atoms with Crippen LogP contribution in [0.1, 0.15) is 16.7 Å². The Morgan fingerprint density at radius 3 is 2.69 bits per heavy atom. The molecule has 0 aliphatic carbocycles. The van der Waals surface area contributed by atoms with Gasteiger partial charge in [-0.25, -0.2) is 0 Å². The van der Waals surface area contributed by atoms with Gasteiger partial charge in [0.05, 0.1) is 11.6 Å². The maximum Gasteiger partial charge on any atom is 0.175 e. The molecule has 184 valence electrons. The van der Waals surface area contributed by atoms with Crippen molar-refractivity contribution >= 4 is 39.2 Å². The number of H-pyrrole nitrogens is 1. The molecule has 35 heavy (non-hydrogen) atoms. The molecule has 0 bridgehead atoms. The molecule has 0 saturated carbocycles. The maximum absolute atomic E-state index is 6.11. The van der Waals surface area contributed by atoms with Gasteiger partial charge in [-0.15, -0.1) is 12.4 Å². The summed E-state index contributed by atoms with van der Waals surface area (Å²) in [5, 5.41) is 4.82. The summed E-state index contributed by atoms with van der Waals surface area (Å²) in [6.07, 6.45) is 3.05. The van der Waals surface area contributed by atoms with Crippen molar-refractivity contribution in [3.05, 3.63) is 82.0 Å². The maximum atomic E-state index is 6.11. The highest BCUT2D eigenvalue weighted by Gasteiger charge is 2.15. The largest absolute Gasteiger partial charge is 0.493 e. The quantitative estimate of drug-likeness (QED) is 0.245. The van der Waals surface area contributed by atoms with Crippen LogP contribution in [0, 0.1) is 0 Å². The van der Waals surface area contributed by atoms with Crippen molar-refractivity contribution in [1.29, 1.82) is 0 Å². The van der Waals surface area contributed by atoms with Gasteiger partial charge < -0.3 is 29.2 Å². The van der Waals surface area contributed by atoms with E-state index in [0.29, 0.717) is 31.3 Å². The number of halogens is 2. The lowest BCUT2D eigenvalue weighted by molar-refractivity contribution is 0.171. The third-order valence-corrected chi connectivity index (χ3v) is 6.44. The number of para-hydroxylation sites is 1. The van der Waals surface area contributed by atoms with Crippen LogP contribution in [0.15, 0.2) is 65.3 Å². The van der Waals surface area contributed by atoms with Crippen LogP contribution in [0.25, 0.3) is 10.9 Å². The fraction of sp³-hybridized carbons (Fsp3) is 0.259. The predicted octanol–water partition coefficient (Wildman–Crippen LogP) is 6.04. The van der Waals surface area contributed by atoms with Crippen LogP contribution in [0.5, 0.6) is 23.0 Å². The second-order valence-electron chi connectivity index (χ2n) is 8.16. The van der Waals surface area contributed by atoms with Crippen molar-refractivity contribution in [2.45, 2.75) is 19.6 Å². The Kier molecular flexibility index (Phi) is 8.44. The van der Waals surface area contributed by atoms with E-state index in [9.17, 15) is 0 Å². The lowest BCUT2D eigenvalue weighted by atomic mass is 10.1. The smallest absolute Gasteiger partial charge is 0.175 e. The first-order valence-electron chi connectivity index (χ1n) is 11.3. The van der Waals surface area contributed by atoms with Crippen LogP contribution in [0.4, 0.5) is 0 Å². The number of aromatic amines is 1. The highest BCUT2D eigenvalue weighted by atomic mass is 79.9. The fourth-order valence-electron chi connectivity index (χ4n) is 4.14. The Labute approximate surface area is 219 Å². The van der Waals surface area contributed by atoms with Crippen LogP contribution in [-0.2, 0) is 19.6 Å². The van der Waals surface area contributed by atoms with Crippen molar-refractivity contribution < 1.29 is 18.9 Å². The average molecular weight is 560 g/mol. The first-order valence-corrected chi connectivity index (χ1v) is 12.1. The number of nitrogens with one attached hydrogen (secondary N) is 2. The van der Waals surface area contributed by atoms with E-state index in [-0.39, 0.29) is 12.4 Å². The minimum atomic E-state index is 0. The molecule has 0 unspecified atom stereocenters. The molecule has 1 aromatic heterocycles. The molecule has 0 spiro atoms. The Hall–Kier alpha value is -2.87. The third-order valence-electron chi connectivity index (χ3n) is 5.85. The number of rotatable bonds is 9. The van der Waals surface area contributed by atoms with Crippen LogP contribution >= 0.6 is 28.3 Å². The monoisotopic (exact) mass is 558 g/mol. The number of methoxy groups -OCH3 is 1. The summed E-state index contributed by atoms with van der Waals surface area (Å²) < 4.78 is 23.9. The third kappa shape index (κ3) is 5.86. The Balaban J connectivity index is 0.00000289. The summed E-state index contributed by atoms with van der Waals surface area (Å²) in [5.41, 5.74) is 4.62. The standard InChI is InChI=1S/C27H27BrN2O4.ClH/c1-31-26-14-19(15-29-9-8-20-16-30-23-5-3-2-4-21(20)23)12-22(28)27(26)34-17-18-6-7-24-25(13-18)33-11-10-32-24;/h2-7,12-14,16,29-30H,8-11,15,17H2,1H3;1H. The van der Waals surface area contributed by atoms with E-state index in [2.05, 4.69) is 62.8 Å². The van der Waals surface area contributed by atoms with Crippen molar-refractivity contribution in [2.75, 3.05) is 26.9 Å². The molecule has 0 amide bonds. The molecule has 0 radical (unpaired) electrons. The highest BCUT2D eigenvalue weighted by molar-refractivity contribution is 9.10. The Bertz CT molecular complexity index is 1290. The molecule has 6 nitrogen and oxygen atoms in total. The first-order chi connectivity index (χ1) is 16.7. The number of hydrogen-bond donors (Lipinski definition) is 2. The SMILES string of the molecule is COc1cc(CNCCc2c[nH]c3ccccc23)cc(Br)c1OCc1ccc2c(c1)OCCO2.Cl. The number of benzene rings is 3. The van der Waals surface area contributed by atoms with Crippen LogP contribution < -0.4 is 24.3 Å². The van der Waals surface area contributed by atoms with Crippen molar-refractivity contribution in [3.63, 3.8) is 0 Å². The summed E-state index contributed by atoms with van der Waals surface area (Å²) in [4.78, 5) is 3.34. The molecule has 0 fully saturated rings. The molecule has 1 aliphatic heterocycles. The molecule has 2 heterocycles. The van der Waals surface area contributed by atoms with Gasteiger partial charge in [-0.2, -0.15) is 0 Å². The normalized spacial score (nSPS) is 12.3. The molecule has 2 N–H and O–H groups in total. The zero-order chi connectivity index (χ0) is 23.3. The van der Waals surface area contributed by atoms with Gasteiger partial charge in [-0.05, 0) is 75.9 Å².